The molecule has 1 rings (SSSR count). The van der Waals surface area contributed by atoms with Crippen LogP contribution in [0, 0.1) is 0 Å². The Morgan fingerprint density at radius 1 is 1.60 bits per heavy atom. The summed E-state index contributed by atoms with van der Waals surface area (Å²) < 4.78 is 0. The highest BCUT2D eigenvalue weighted by Gasteiger charge is 2.31. The van der Waals surface area contributed by atoms with E-state index in [1.807, 2.05) is 0 Å². The van der Waals surface area contributed by atoms with Crippen LogP contribution in [0.25, 0.3) is 0 Å². The van der Waals surface area contributed by atoms with Crippen molar-refractivity contribution >= 4 is 23.8 Å². The van der Waals surface area contributed by atoms with E-state index in [2.05, 4.69) is 5.32 Å². The fraction of sp³-hybridized carbons (Fsp3) is 0.750. The Morgan fingerprint density at radius 2 is 2.33 bits per heavy atom. The average molecular weight is 233 g/mol. The molecule has 0 aliphatic carbocycles. The number of carboxylic acids is 1. The maximum absolute atomic E-state index is 11.6. The van der Waals surface area contributed by atoms with Crippen molar-refractivity contribution in [2.45, 2.75) is 6.04 Å². The maximum Gasteiger partial charge on any atom is 0.327 e. The minimum atomic E-state index is -0.954. The summed E-state index contributed by atoms with van der Waals surface area (Å²) in [5.41, 5.74) is 5.25. The summed E-state index contributed by atoms with van der Waals surface area (Å²) in [5, 5.41) is 11.5. The normalized spacial score (nSPS) is 21.1. The third-order valence-electron chi connectivity index (χ3n) is 2.09. The third kappa shape index (κ3) is 3.28. The Kier molecular flexibility index (Phi) is 4.70. The number of nitrogens with two attached hydrogens (primary N) is 1. The summed E-state index contributed by atoms with van der Waals surface area (Å²) in [5.74, 6) is 0.274. The van der Waals surface area contributed by atoms with Crippen molar-refractivity contribution in [2.24, 2.45) is 5.73 Å². The standard InChI is InChI=1S/C8H15N3O3S/c9-1-2-10-8(14)11-3-4-15-5-6(11)7(12)13/h6H,1-5,9H2,(H,10,14)(H,12,13). The molecule has 0 bridgehead atoms. The molecule has 1 saturated heterocycles. The van der Waals surface area contributed by atoms with E-state index in [-0.39, 0.29) is 6.03 Å². The molecule has 15 heavy (non-hydrogen) atoms. The molecule has 2 amide bonds. The zero-order chi connectivity index (χ0) is 11.3. The molecule has 4 N–H and O–H groups in total. The van der Waals surface area contributed by atoms with Gasteiger partial charge in [0.2, 0.25) is 0 Å². The lowest BCUT2D eigenvalue weighted by molar-refractivity contribution is -0.141. The number of aliphatic carboxylic acids is 1. The Hall–Kier alpha value is -0.950. The lowest BCUT2D eigenvalue weighted by Gasteiger charge is -2.32. The quantitative estimate of drug-likeness (QED) is 0.590. The fourth-order valence-electron chi connectivity index (χ4n) is 1.33. The van der Waals surface area contributed by atoms with E-state index in [4.69, 9.17) is 10.8 Å². The van der Waals surface area contributed by atoms with Crippen molar-refractivity contribution < 1.29 is 14.7 Å². The number of hydrogen-bond acceptors (Lipinski definition) is 4. The number of carboxylic acid groups (broad SMARTS) is 1. The van der Waals surface area contributed by atoms with Crippen molar-refractivity contribution in [2.75, 3.05) is 31.1 Å². The van der Waals surface area contributed by atoms with E-state index in [9.17, 15) is 9.59 Å². The lowest BCUT2D eigenvalue weighted by Crippen LogP contribution is -2.54. The molecular weight excluding hydrogens is 218 g/mol. The van der Waals surface area contributed by atoms with Gasteiger partial charge in [-0.2, -0.15) is 11.8 Å². The number of nitrogens with one attached hydrogen (secondary N) is 1. The fourth-order valence-corrected chi connectivity index (χ4v) is 2.37. The molecule has 0 aromatic rings. The van der Waals surface area contributed by atoms with Gasteiger partial charge in [0.25, 0.3) is 0 Å². The summed E-state index contributed by atoms with van der Waals surface area (Å²) in [6.07, 6.45) is 0. The van der Waals surface area contributed by atoms with Crippen LogP contribution in [-0.2, 0) is 4.79 Å². The van der Waals surface area contributed by atoms with Crippen LogP contribution < -0.4 is 11.1 Å². The topological polar surface area (TPSA) is 95.7 Å². The van der Waals surface area contributed by atoms with E-state index in [0.29, 0.717) is 25.4 Å². The number of carbonyl (C=O) groups excluding carboxylic acids is 1. The number of amides is 2. The van der Waals surface area contributed by atoms with Crippen LogP contribution in [0.15, 0.2) is 0 Å². The zero-order valence-corrected chi connectivity index (χ0v) is 9.13. The van der Waals surface area contributed by atoms with Crippen molar-refractivity contribution in [3.05, 3.63) is 0 Å². The van der Waals surface area contributed by atoms with Gasteiger partial charge in [0.15, 0.2) is 0 Å². The van der Waals surface area contributed by atoms with E-state index in [1.165, 1.54) is 4.90 Å². The highest BCUT2D eigenvalue weighted by atomic mass is 32.2. The van der Waals surface area contributed by atoms with E-state index < -0.39 is 12.0 Å². The molecule has 0 saturated carbocycles. The van der Waals surface area contributed by atoms with Crippen LogP contribution in [0.3, 0.4) is 0 Å². The van der Waals surface area contributed by atoms with Crippen molar-refractivity contribution in [3.63, 3.8) is 0 Å². The van der Waals surface area contributed by atoms with E-state index >= 15 is 0 Å². The van der Waals surface area contributed by atoms with Gasteiger partial charge in [-0.3, -0.25) is 0 Å². The second-order valence-electron chi connectivity index (χ2n) is 3.14. The number of carbonyl (C=O) groups is 2. The van der Waals surface area contributed by atoms with Crippen LogP contribution in [-0.4, -0.2) is 59.2 Å². The maximum atomic E-state index is 11.6. The second kappa shape index (κ2) is 5.82. The van der Waals surface area contributed by atoms with Gasteiger partial charge < -0.3 is 21.1 Å². The molecule has 1 aliphatic heterocycles. The van der Waals surface area contributed by atoms with Gasteiger partial charge in [-0.05, 0) is 0 Å². The Bertz CT molecular complexity index is 249. The molecule has 86 valence electrons. The Labute approximate surface area is 92.2 Å². The first-order valence-electron chi connectivity index (χ1n) is 4.72. The average Bonchev–Trinajstić information content (AvgIpc) is 2.25. The van der Waals surface area contributed by atoms with E-state index in [0.717, 1.165) is 5.75 Å². The highest BCUT2D eigenvalue weighted by molar-refractivity contribution is 7.99. The largest absolute Gasteiger partial charge is 0.480 e. The summed E-state index contributed by atoms with van der Waals surface area (Å²) in [7, 11) is 0. The van der Waals surface area contributed by atoms with Crippen LogP contribution in [0.2, 0.25) is 0 Å². The molecule has 1 heterocycles. The van der Waals surface area contributed by atoms with Crippen molar-refractivity contribution in [3.8, 4) is 0 Å². The predicted molar refractivity (Wildman–Crippen MR) is 57.9 cm³/mol. The minimum absolute atomic E-state index is 0.340. The molecule has 1 atom stereocenters. The van der Waals surface area contributed by atoms with E-state index in [1.54, 1.807) is 11.8 Å². The van der Waals surface area contributed by atoms with Gasteiger partial charge in [-0.25, -0.2) is 9.59 Å². The van der Waals surface area contributed by atoms with Crippen LogP contribution >= 0.6 is 11.8 Å². The molecule has 1 aliphatic rings. The molecule has 0 radical (unpaired) electrons. The number of thioether (sulfide) groups is 1. The summed E-state index contributed by atoms with van der Waals surface area (Å²) in [6.45, 7) is 1.19. The lowest BCUT2D eigenvalue weighted by atomic mass is 10.3. The highest BCUT2D eigenvalue weighted by Crippen LogP contribution is 2.16. The van der Waals surface area contributed by atoms with Gasteiger partial charge in [-0.15, -0.1) is 0 Å². The number of nitrogens with zero attached hydrogens (tertiary/aromatic N) is 1. The molecule has 1 unspecified atom stereocenters. The monoisotopic (exact) mass is 233 g/mol. The van der Waals surface area contributed by atoms with Crippen LogP contribution in [0.1, 0.15) is 0 Å². The summed E-state index contributed by atoms with van der Waals surface area (Å²) >= 11 is 1.55. The molecule has 0 spiro atoms. The van der Waals surface area contributed by atoms with Crippen LogP contribution in [0.5, 0.6) is 0 Å². The van der Waals surface area contributed by atoms with Gasteiger partial charge >= 0.3 is 12.0 Å². The SMILES string of the molecule is NCCNC(=O)N1CCSCC1C(=O)O. The van der Waals surface area contributed by atoms with Crippen molar-refractivity contribution in [1.82, 2.24) is 10.2 Å². The van der Waals surface area contributed by atoms with Crippen molar-refractivity contribution in [1.29, 1.82) is 0 Å². The molecule has 6 nitrogen and oxygen atoms in total. The number of urea groups is 1. The molecular formula is C8H15N3O3S. The number of rotatable bonds is 3. The van der Waals surface area contributed by atoms with Gasteiger partial charge in [-0.1, -0.05) is 0 Å². The number of hydrogen-bond donors (Lipinski definition) is 3. The molecule has 7 heteroatoms. The van der Waals surface area contributed by atoms with Crippen LogP contribution in [0.4, 0.5) is 4.79 Å². The second-order valence-corrected chi connectivity index (χ2v) is 4.29. The Balaban J connectivity index is 2.55. The molecule has 0 aromatic carbocycles. The first-order valence-corrected chi connectivity index (χ1v) is 5.87. The van der Waals surface area contributed by atoms with Gasteiger partial charge in [0, 0.05) is 31.1 Å². The minimum Gasteiger partial charge on any atom is -0.480 e. The predicted octanol–water partition coefficient (Wildman–Crippen LogP) is -0.843. The molecule has 1 fully saturated rings. The van der Waals surface area contributed by atoms with Gasteiger partial charge in [0.1, 0.15) is 6.04 Å². The Morgan fingerprint density at radius 3 is 2.93 bits per heavy atom. The first-order chi connectivity index (χ1) is 7.16. The van der Waals surface area contributed by atoms with Gasteiger partial charge in [0.05, 0.1) is 0 Å². The summed E-state index contributed by atoms with van der Waals surface area (Å²) in [4.78, 5) is 23.8. The smallest absolute Gasteiger partial charge is 0.327 e. The zero-order valence-electron chi connectivity index (χ0n) is 8.31. The molecule has 0 aromatic heterocycles. The third-order valence-corrected chi connectivity index (χ3v) is 3.12. The summed E-state index contributed by atoms with van der Waals surface area (Å²) in [6, 6.07) is -1.06. The first kappa shape index (κ1) is 12.1.